The summed E-state index contributed by atoms with van der Waals surface area (Å²) in [6.07, 6.45) is 2.73. The van der Waals surface area contributed by atoms with E-state index in [0.717, 1.165) is 0 Å². The van der Waals surface area contributed by atoms with Gasteiger partial charge >= 0.3 is 5.97 Å². The summed E-state index contributed by atoms with van der Waals surface area (Å²) in [5.74, 6) is -1.09. The van der Waals surface area contributed by atoms with Crippen LogP contribution < -0.4 is 0 Å². The number of aromatic amines is 1. The molecule has 0 bridgehead atoms. The maximum Gasteiger partial charge on any atom is 0.339 e. The van der Waals surface area contributed by atoms with E-state index in [-0.39, 0.29) is 10.7 Å². The van der Waals surface area contributed by atoms with Crippen LogP contribution in [0.2, 0.25) is 5.15 Å². The second-order valence-electron chi connectivity index (χ2n) is 2.40. The van der Waals surface area contributed by atoms with Gasteiger partial charge in [-0.3, -0.25) is 0 Å². The Kier molecular flexibility index (Phi) is 1.66. The van der Waals surface area contributed by atoms with E-state index in [1.165, 1.54) is 12.5 Å². The van der Waals surface area contributed by atoms with Crippen molar-refractivity contribution < 1.29 is 9.90 Å². The highest BCUT2D eigenvalue weighted by atomic mass is 35.5. The molecule has 0 amide bonds. The Labute approximate surface area is 77.4 Å². The molecule has 0 aliphatic heterocycles. The molecule has 0 aliphatic carbocycles. The van der Waals surface area contributed by atoms with E-state index in [1.807, 2.05) is 0 Å². The minimum atomic E-state index is -1.09. The first-order chi connectivity index (χ1) is 6.20. The minimum absolute atomic E-state index is 0.0114. The van der Waals surface area contributed by atoms with Gasteiger partial charge in [0.05, 0.1) is 5.39 Å². The molecule has 0 spiro atoms. The van der Waals surface area contributed by atoms with E-state index >= 15 is 0 Å². The Hall–Kier alpha value is -1.62. The first-order valence-corrected chi connectivity index (χ1v) is 3.78. The Balaban J connectivity index is 2.86. The summed E-state index contributed by atoms with van der Waals surface area (Å²) in [7, 11) is 0. The minimum Gasteiger partial charge on any atom is -0.478 e. The topological polar surface area (TPSA) is 78.9 Å². The first-order valence-electron chi connectivity index (χ1n) is 3.40. The molecule has 2 heterocycles. The lowest BCUT2D eigenvalue weighted by Crippen LogP contribution is -1.95. The van der Waals surface area contributed by atoms with Crippen LogP contribution in [0.15, 0.2) is 12.5 Å². The molecule has 0 aliphatic rings. The van der Waals surface area contributed by atoms with Crippen LogP contribution >= 0.6 is 11.6 Å². The number of nitrogens with zero attached hydrogens (tertiary/aromatic N) is 2. The van der Waals surface area contributed by atoms with Gasteiger partial charge in [-0.15, -0.1) is 0 Å². The van der Waals surface area contributed by atoms with Gasteiger partial charge in [-0.25, -0.2) is 14.8 Å². The van der Waals surface area contributed by atoms with Gasteiger partial charge in [0.1, 0.15) is 22.7 Å². The highest BCUT2D eigenvalue weighted by Gasteiger charge is 2.16. The van der Waals surface area contributed by atoms with E-state index < -0.39 is 5.97 Å². The maximum absolute atomic E-state index is 10.7. The Morgan fingerprint density at radius 1 is 1.62 bits per heavy atom. The average Bonchev–Trinajstić information content (AvgIpc) is 2.39. The van der Waals surface area contributed by atoms with Gasteiger partial charge < -0.3 is 10.1 Å². The molecule has 0 saturated carbocycles. The summed E-state index contributed by atoms with van der Waals surface area (Å²) in [5, 5.41) is 9.28. The fraction of sp³-hybridized carbons (Fsp3) is 0. The van der Waals surface area contributed by atoms with Crippen molar-refractivity contribution in [3.05, 3.63) is 23.2 Å². The number of H-pyrrole nitrogens is 1. The molecular weight excluding hydrogens is 194 g/mol. The molecule has 0 unspecified atom stereocenters. The van der Waals surface area contributed by atoms with Gasteiger partial charge in [-0.1, -0.05) is 11.6 Å². The summed E-state index contributed by atoms with van der Waals surface area (Å²) in [6, 6.07) is 0. The van der Waals surface area contributed by atoms with E-state index in [1.54, 1.807) is 0 Å². The Bertz CT molecular complexity index is 480. The maximum atomic E-state index is 10.7. The van der Waals surface area contributed by atoms with Crippen LogP contribution in [0.4, 0.5) is 0 Å². The van der Waals surface area contributed by atoms with Gasteiger partial charge in [0.2, 0.25) is 0 Å². The summed E-state index contributed by atoms with van der Waals surface area (Å²) >= 11 is 5.66. The van der Waals surface area contributed by atoms with Gasteiger partial charge in [0.25, 0.3) is 0 Å². The standard InChI is InChI=1S/C7H4ClN3O2/c8-5-4(7(12)13)3-1-9-2-10-6(3)11-5/h1-2H,(H,12,13)(H,9,10,11). The number of hydrogen-bond donors (Lipinski definition) is 2. The summed E-state index contributed by atoms with van der Waals surface area (Å²) in [6.45, 7) is 0. The van der Waals surface area contributed by atoms with Gasteiger partial charge in [0, 0.05) is 6.20 Å². The van der Waals surface area contributed by atoms with Gasteiger partial charge in [-0.2, -0.15) is 0 Å². The number of carboxylic acid groups (broad SMARTS) is 1. The number of fused-ring (bicyclic) bond motifs is 1. The molecule has 0 radical (unpaired) electrons. The van der Waals surface area contributed by atoms with Crippen LogP contribution in [-0.4, -0.2) is 26.0 Å². The van der Waals surface area contributed by atoms with Crippen molar-refractivity contribution in [2.24, 2.45) is 0 Å². The van der Waals surface area contributed by atoms with E-state index in [4.69, 9.17) is 16.7 Å². The summed E-state index contributed by atoms with van der Waals surface area (Å²) in [5.41, 5.74) is 0.440. The van der Waals surface area contributed by atoms with Crippen molar-refractivity contribution >= 4 is 28.6 Å². The predicted octanol–water partition coefficient (Wildman–Crippen LogP) is 1.31. The summed E-state index contributed by atoms with van der Waals surface area (Å²) in [4.78, 5) is 20.9. The van der Waals surface area contributed by atoms with Crippen LogP contribution in [0.3, 0.4) is 0 Å². The molecule has 0 atom stereocenters. The average molecular weight is 198 g/mol. The molecule has 2 aromatic heterocycles. The third-order valence-electron chi connectivity index (χ3n) is 1.64. The number of nitrogens with one attached hydrogen (secondary N) is 1. The van der Waals surface area contributed by atoms with E-state index in [9.17, 15) is 4.79 Å². The fourth-order valence-electron chi connectivity index (χ4n) is 1.11. The van der Waals surface area contributed by atoms with Crippen LogP contribution in [0, 0.1) is 0 Å². The quantitative estimate of drug-likeness (QED) is 0.723. The SMILES string of the molecule is O=C(O)c1c(Cl)[nH]c2ncncc12. The van der Waals surface area contributed by atoms with Gasteiger partial charge in [-0.05, 0) is 0 Å². The Morgan fingerprint density at radius 2 is 2.38 bits per heavy atom. The molecule has 2 N–H and O–H groups in total. The van der Waals surface area contributed by atoms with Crippen molar-refractivity contribution in [2.75, 3.05) is 0 Å². The zero-order valence-electron chi connectivity index (χ0n) is 6.28. The number of carbonyl (C=O) groups is 1. The number of aromatic carboxylic acids is 1. The van der Waals surface area contributed by atoms with Crippen molar-refractivity contribution in [2.45, 2.75) is 0 Å². The lowest BCUT2D eigenvalue weighted by atomic mass is 10.2. The molecule has 0 saturated heterocycles. The third-order valence-corrected chi connectivity index (χ3v) is 1.93. The number of aromatic nitrogens is 3. The predicted molar refractivity (Wildman–Crippen MR) is 45.9 cm³/mol. The highest BCUT2D eigenvalue weighted by Crippen LogP contribution is 2.23. The lowest BCUT2D eigenvalue weighted by Gasteiger charge is -1.89. The van der Waals surface area contributed by atoms with Crippen molar-refractivity contribution in [1.29, 1.82) is 0 Å². The van der Waals surface area contributed by atoms with Crippen LogP contribution in [0.1, 0.15) is 10.4 Å². The second-order valence-corrected chi connectivity index (χ2v) is 2.78. The van der Waals surface area contributed by atoms with Crippen LogP contribution in [-0.2, 0) is 0 Å². The number of carboxylic acids is 1. The number of hydrogen-bond acceptors (Lipinski definition) is 3. The number of halogens is 1. The van der Waals surface area contributed by atoms with Gasteiger partial charge in [0.15, 0.2) is 0 Å². The van der Waals surface area contributed by atoms with E-state index in [2.05, 4.69) is 15.0 Å². The third kappa shape index (κ3) is 1.13. The smallest absolute Gasteiger partial charge is 0.339 e. The zero-order valence-corrected chi connectivity index (χ0v) is 7.04. The van der Waals surface area contributed by atoms with Crippen LogP contribution in [0.5, 0.6) is 0 Å². The van der Waals surface area contributed by atoms with Crippen molar-refractivity contribution in [1.82, 2.24) is 15.0 Å². The normalized spacial score (nSPS) is 10.5. The molecule has 2 rings (SSSR count). The lowest BCUT2D eigenvalue weighted by molar-refractivity contribution is 0.0699. The largest absolute Gasteiger partial charge is 0.478 e. The molecule has 2 aromatic rings. The molecule has 66 valence electrons. The monoisotopic (exact) mass is 197 g/mol. The van der Waals surface area contributed by atoms with Crippen LogP contribution in [0.25, 0.3) is 11.0 Å². The molecule has 5 nitrogen and oxygen atoms in total. The zero-order chi connectivity index (χ0) is 9.42. The Morgan fingerprint density at radius 3 is 3.08 bits per heavy atom. The van der Waals surface area contributed by atoms with E-state index in [0.29, 0.717) is 11.0 Å². The van der Waals surface area contributed by atoms with Crippen molar-refractivity contribution in [3.8, 4) is 0 Å². The molecule has 0 aromatic carbocycles. The second kappa shape index (κ2) is 2.70. The molecule has 0 fully saturated rings. The molecular formula is C7H4ClN3O2. The first kappa shape index (κ1) is 8.00. The summed E-state index contributed by atoms with van der Waals surface area (Å²) < 4.78 is 0. The molecule has 13 heavy (non-hydrogen) atoms. The fourth-order valence-corrected chi connectivity index (χ4v) is 1.38. The highest BCUT2D eigenvalue weighted by molar-refractivity contribution is 6.34. The molecule has 6 heteroatoms. The number of rotatable bonds is 1. The van der Waals surface area contributed by atoms with Crippen molar-refractivity contribution in [3.63, 3.8) is 0 Å².